The summed E-state index contributed by atoms with van der Waals surface area (Å²) in [5, 5.41) is 0. The number of ether oxygens (including phenoxy) is 1. The minimum atomic E-state index is -0.0153. The second-order valence-corrected chi connectivity index (χ2v) is 6.86. The first-order valence-electron chi connectivity index (χ1n) is 5.98. The average molecular weight is 313 g/mol. The molecule has 0 radical (unpaired) electrons. The van der Waals surface area contributed by atoms with E-state index in [9.17, 15) is 4.79 Å². The van der Waals surface area contributed by atoms with Crippen molar-refractivity contribution in [2.75, 3.05) is 20.3 Å². The van der Waals surface area contributed by atoms with E-state index in [0.29, 0.717) is 22.4 Å². The van der Waals surface area contributed by atoms with Crippen LogP contribution >= 0.6 is 35.3 Å². The Balaban J connectivity index is 2.13. The Labute approximate surface area is 126 Å². The minimum absolute atomic E-state index is 0.0153. The number of hydrogen-bond acceptors (Lipinski definition) is 5. The van der Waals surface area contributed by atoms with Crippen LogP contribution in [0.3, 0.4) is 0 Å². The highest BCUT2D eigenvalue weighted by Crippen LogP contribution is 2.33. The Bertz CT molecular complexity index is 522. The van der Waals surface area contributed by atoms with Crippen molar-refractivity contribution in [3.05, 3.63) is 26.8 Å². The van der Waals surface area contributed by atoms with Gasteiger partial charge in [-0.3, -0.25) is 9.69 Å². The first kappa shape index (κ1) is 14.7. The molecule has 1 amide bonds. The van der Waals surface area contributed by atoms with Crippen molar-refractivity contribution in [3.8, 4) is 0 Å². The molecule has 0 saturated carbocycles. The van der Waals surface area contributed by atoms with Crippen molar-refractivity contribution in [1.29, 1.82) is 0 Å². The van der Waals surface area contributed by atoms with Crippen LogP contribution < -0.4 is 0 Å². The van der Waals surface area contributed by atoms with Crippen molar-refractivity contribution in [2.45, 2.75) is 13.3 Å². The topological polar surface area (TPSA) is 29.5 Å². The highest BCUT2D eigenvalue weighted by atomic mass is 32.2. The van der Waals surface area contributed by atoms with Gasteiger partial charge in [0.2, 0.25) is 0 Å². The summed E-state index contributed by atoms with van der Waals surface area (Å²) in [6.07, 6.45) is 2.95. The van der Waals surface area contributed by atoms with Gasteiger partial charge < -0.3 is 4.74 Å². The third-order valence-electron chi connectivity index (χ3n) is 2.70. The Hall–Kier alpha value is -0.690. The van der Waals surface area contributed by atoms with Gasteiger partial charge in [0.15, 0.2) is 0 Å². The molecule has 2 rings (SSSR count). The molecule has 1 aromatic rings. The molecule has 6 heteroatoms. The molecule has 2 heterocycles. The van der Waals surface area contributed by atoms with Crippen LogP contribution in [0, 0.1) is 0 Å². The van der Waals surface area contributed by atoms with E-state index in [1.54, 1.807) is 23.3 Å². The number of carbonyl (C=O) groups is 1. The predicted octanol–water partition coefficient (Wildman–Crippen LogP) is 3.16. The summed E-state index contributed by atoms with van der Waals surface area (Å²) in [5.74, 6) is -0.0153. The lowest BCUT2D eigenvalue weighted by Crippen LogP contribution is -2.31. The van der Waals surface area contributed by atoms with E-state index in [1.807, 2.05) is 12.1 Å². The van der Waals surface area contributed by atoms with Gasteiger partial charge in [0, 0.05) is 16.9 Å². The molecular formula is C13H15NO2S3. The number of rotatable bonds is 5. The van der Waals surface area contributed by atoms with E-state index in [2.05, 4.69) is 13.0 Å². The van der Waals surface area contributed by atoms with Gasteiger partial charge in [-0.1, -0.05) is 30.9 Å². The summed E-state index contributed by atoms with van der Waals surface area (Å²) in [7, 11) is 1.62. The largest absolute Gasteiger partial charge is 0.383 e. The Kier molecular flexibility index (Phi) is 5.15. The van der Waals surface area contributed by atoms with E-state index in [1.165, 1.54) is 16.6 Å². The van der Waals surface area contributed by atoms with Crippen LogP contribution in [0.15, 0.2) is 17.0 Å². The van der Waals surface area contributed by atoms with Gasteiger partial charge in [0.05, 0.1) is 18.1 Å². The smallest absolute Gasteiger partial charge is 0.266 e. The minimum Gasteiger partial charge on any atom is -0.383 e. The molecule has 1 aliphatic heterocycles. The molecule has 0 atom stereocenters. The van der Waals surface area contributed by atoms with Crippen LogP contribution in [0.4, 0.5) is 0 Å². The van der Waals surface area contributed by atoms with E-state index in [0.717, 1.165) is 11.3 Å². The van der Waals surface area contributed by atoms with Crippen molar-refractivity contribution in [2.24, 2.45) is 0 Å². The van der Waals surface area contributed by atoms with Crippen LogP contribution in [0.1, 0.15) is 16.7 Å². The van der Waals surface area contributed by atoms with Gasteiger partial charge >= 0.3 is 0 Å². The van der Waals surface area contributed by atoms with Gasteiger partial charge in [-0.25, -0.2) is 0 Å². The first-order valence-corrected chi connectivity index (χ1v) is 8.03. The van der Waals surface area contributed by atoms with Crippen molar-refractivity contribution < 1.29 is 9.53 Å². The van der Waals surface area contributed by atoms with Gasteiger partial charge in [0.1, 0.15) is 4.32 Å². The van der Waals surface area contributed by atoms with E-state index in [4.69, 9.17) is 17.0 Å². The number of amides is 1. The maximum absolute atomic E-state index is 12.2. The molecule has 0 aromatic carbocycles. The molecule has 0 aliphatic carbocycles. The molecule has 102 valence electrons. The zero-order chi connectivity index (χ0) is 13.8. The second kappa shape index (κ2) is 6.65. The van der Waals surface area contributed by atoms with Crippen molar-refractivity contribution >= 4 is 51.6 Å². The quantitative estimate of drug-likeness (QED) is 0.617. The van der Waals surface area contributed by atoms with Crippen LogP contribution in [-0.4, -0.2) is 35.4 Å². The normalized spacial score (nSPS) is 17.8. The molecule has 0 bridgehead atoms. The van der Waals surface area contributed by atoms with Gasteiger partial charge in [-0.05, 0) is 24.6 Å². The molecule has 1 saturated heterocycles. The lowest BCUT2D eigenvalue weighted by molar-refractivity contribution is -0.122. The summed E-state index contributed by atoms with van der Waals surface area (Å²) in [4.78, 5) is 16.9. The van der Waals surface area contributed by atoms with Crippen molar-refractivity contribution in [1.82, 2.24) is 4.90 Å². The number of nitrogens with zero attached hydrogens (tertiary/aromatic N) is 1. The molecule has 1 fully saturated rings. The number of hydrogen-bond donors (Lipinski definition) is 0. The average Bonchev–Trinajstić information content (AvgIpc) is 2.95. The Morgan fingerprint density at radius 3 is 2.89 bits per heavy atom. The standard InChI is InChI=1S/C13H15NO2S3/c1-3-9-4-5-10(18-9)8-11-12(15)14(6-7-16-2)13(17)19-11/h4-5,8H,3,6-7H2,1-2H3/b11-8-. The monoisotopic (exact) mass is 313 g/mol. The van der Waals surface area contributed by atoms with Crippen molar-refractivity contribution in [3.63, 3.8) is 0 Å². The number of thioether (sulfide) groups is 1. The molecule has 0 unspecified atom stereocenters. The van der Waals surface area contributed by atoms with Crippen LogP contribution in [0.25, 0.3) is 6.08 Å². The zero-order valence-corrected chi connectivity index (χ0v) is 13.3. The highest BCUT2D eigenvalue weighted by molar-refractivity contribution is 8.26. The number of methoxy groups -OCH3 is 1. The molecule has 19 heavy (non-hydrogen) atoms. The maximum atomic E-state index is 12.2. The highest BCUT2D eigenvalue weighted by Gasteiger charge is 2.31. The molecule has 1 aliphatic rings. The van der Waals surface area contributed by atoms with Crippen LogP contribution in [0.5, 0.6) is 0 Å². The van der Waals surface area contributed by atoms with E-state index < -0.39 is 0 Å². The first-order chi connectivity index (χ1) is 9.15. The fraction of sp³-hybridized carbons (Fsp3) is 0.385. The Morgan fingerprint density at radius 2 is 2.26 bits per heavy atom. The molecule has 1 aromatic heterocycles. The van der Waals surface area contributed by atoms with Gasteiger partial charge in [-0.15, -0.1) is 11.3 Å². The lowest BCUT2D eigenvalue weighted by atomic mass is 10.3. The summed E-state index contributed by atoms with van der Waals surface area (Å²) in [5.41, 5.74) is 0. The summed E-state index contributed by atoms with van der Waals surface area (Å²) < 4.78 is 5.60. The summed E-state index contributed by atoms with van der Waals surface area (Å²) in [6, 6.07) is 4.15. The number of carbonyl (C=O) groups excluding carboxylic acids is 1. The Morgan fingerprint density at radius 1 is 1.47 bits per heavy atom. The third kappa shape index (κ3) is 3.45. The van der Waals surface area contributed by atoms with Crippen LogP contribution in [-0.2, 0) is 16.0 Å². The molecular weight excluding hydrogens is 298 g/mol. The van der Waals surface area contributed by atoms with Gasteiger partial charge in [0.25, 0.3) is 5.91 Å². The molecule has 3 nitrogen and oxygen atoms in total. The summed E-state index contributed by atoms with van der Waals surface area (Å²) in [6.45, 7) is 3.14. The lowest BCUT2D eigenvalue weighted by Gasteiger charge is -2.12. The number of thiophene rings is 1. The number of thiocarbonyl (C=S) groups is 1. The fourth-order valence-electron chi connectivity index (χ4n) is 1.67. The summed E-state index contributed by atoms with van der Waals surface area (Å²) >= 11 is 8.30. The van der Waals surface area contributed by atoms with E-state index >= 15 is 0 Å². The second-order valence-electron chi connectivity index (χ2n) is 3.98. The molecule has 0 spiro atoms. The van der Waals surface area contributed by atoms with Gasteiger partial charge in [-0.2, -0.15) is 0 Å². The number of aryl methyl sites for hydroxylation is 1. The maximum Gasteiger partial charge on any atom is 0.266 e. The SMILES string of the molecule is CCc1ccc(/C=C2\SC(=S)N(CCOC)C2=O)s1. The predicted molar refractivity (Wildman–Crippen MR) is 85.5 cm³/mol. The van der Waals surface area contributed by atoms with E-state index in [-0.39, 0.29) is 5.91 Å². The molecule has 0 N–H and O–H groups in total. The fourth-order valence-corrected chi connectivity index (χ4v) is 3.94. The zero-order valence-electron chi connectivity index (χ0n) is 10.8. The van der Waals surface area contributed by atoms with Crippen LogP contribution in [0.2, 0.25) is 0 Å². The third-order valence-corrected chi connectivity index (χ3v) is 5.25.